The maximum atomic E-state index is 11.8. The van der Waals surface area contributed by atoms with Crippen molar-refractivity contribution in [1.82, 2.24) is 10.6 Å². The summed E-state index contributed by atoms with van der Waals surface area (Å²) in [6, 6.07) is 0.269. The average Bonchev–Trinajstić information content (AvgIpc) is 2.23. The third-order valence-electron chi connectivity index (χ3n) is 3.39. The van der Waals surface area contributed by atoms with Crippen molar-refractivity contribution in [1.29, 1.82) is 0 Å². The zero-order valence-corrected chi connectivity index (χ0v) is 9.29. The second kappa shape index (κ2) is 4.94. The van der Waals surface area contributed by atoms with E-state index in [-0.39, 0.29) is 18.0 Å². The van der Waals surface area contributed by atoms with Gasteiger partial charge in [-0.25, -0.2) is 0 Å². The van der Waals surface area contributed by atoms with Crippen LogP contribution in [0.5, 0.6) is 0 Å². The minimum absolute atomic E-state index is 0.0179. The predicted molar refractivity (Wildman–Crippen MR) is 57.6 cm³/mol. The summed E-state index contributed by atoms with van der Waals surface area (Å²) in [5.41, 5.74) is 0. The molecule has 0 saturated carbocycles. The van der Waals surface area contributed by atoms with Gasteiger partial charge in [-0.3, -0.25) is 4.79 Å². The first-order chi connectivity index (χ1) is 7.29. The van der Waals surface area contributed by atoms with Crippen molar-refractivity contribution in [2.75, 3.05) is 19.8 Å². The fourth-order valence-electron chi connectivity index (χ4n) is 2.19. The molecule has 2 aliphatic heterocycles. The molecule has 0 bridgehead atoms. The molecule has 2 atom stereocenters. The minimum atomic E-state index is 0.0179. The molecule has 0 aromatic carbocycles. The van der Waals surface area contributed by atoms with Crippen LogP contribution in [0.4, 0.5) is 0 Å². The quantitative estimate of drug-likeness (QED) is 0.706. The molecule has 2 rings (SSSR count). The molecule has 0 aromatic rings. The smallest absolute Gasteiger partial charge is 0.237 e. The van der Waals surface area contributed by atoms with Gasteiger partial charge in [-0.15, -0.1) is 0 Å². The lowest BCUT2D eigenvalue weighted by atomic mass is 9.90. The van der Waals surface area contributed by atoms with E-state index in [1.165, 1.54) is 12.8 Å². The number of rotatable bonds is 3. The Morgan fingerprint density at radius 2 is 2.33 bits per heavy atom. The molecule has 2 heterocycles. The lowest BCUT2D eigenvalue weighted by Crippen LogP contribution is -2.56. The molecule has 2 N–H and O–H groups in total. The van der Waals surface area contributed by atoms with Crippen molar-refractivity contribution < 1.29 is 9.53 Å². The van der Waals surface area contributed by atoms with Crippen LogP contribution >= 0.6 is 0 Å². The van der Waals surface area contributed by atoms with E-state index in [2.05, 4.69) is 17.6 Å². The van der Waals surface area contributed by atoms with E-state index in [1.807, 2.05) is 0 Å². The van der Waals surface area contributed by atoms with Gasteiger partial charge in [-0.1, -0.05) is 13.3 Å². The summed E-state index contributed by atoms with van der Waals surface area (Å²) in [6.45, 7) is 4.52. The number of ether oxygens (including phenoxy) is 1. The number of hydrogen-bond acceptors (Lipinski definition) is 3. The molecule has 1 amide bonds. The summed E-state index contributed by atoms with van der Waals surface area (Å²) < 4.78 is 5.03. The van der Waals surface area contributed by atoms with Crippen LogP contribution in [0.2, 0.25) is 0 Å². The molecule has 0 radical (unpaired) electrons. The van der Waals surface area contributed by atoms with Crippen LogP contribution in [-0.4, -0.2) is 37.7 Å². The van der Waals surface area contributed by atoms with Gasteiger partial charge in [0.2, 0.25) is 5.91 Å². The van der Waals surface area contributed by atoms with E-state index in [0.717, 1.165) is 13.0 Å². The average molecular weight is 212 g/mol. The van der Waals surface area contributed by atoms with Gasteiger partial charge in [0.05, 0.1) is 25.3 Å². The second-order valence-electron chi connectivity index (χ2n) is 4.55. The molecule has 0 aromatic heterocycles. The first-order valence-electron chi connectivity index (χ1n) is 5.91. The zero-order chi connectivity index (χ0) is 10.7. The summed E-state index contributed by atoms with van der Waals surface area (Å²) in [5.74, 6) is 0.862. The van der Waals surface area contributed by atoms with E-state index >= 15 is 0 Å². The molecule has 86 valence electrons. The Kier molecular flexibility index (Phi) is 3.59. The van der Waals surface area contributed by atoms with Gasteiger partial charge >= 0.3 is 0 Å². The number of piperidine rings is 1. The summed E-state index contributed by atoms with van der Waals surface area (Å²) in [5, 5.41) is 6.29. The summed E-state index contributed by atoms with van der Waals surface area (Å²) in [6.07, 6.45) is 3.36. The highest BCUT2D eigenvalue weighted by atomic mass is 16.5. The standard InChI is InChI=1S/C11H20N2O2/c1-2-8-3-4-12-10(5-8)11(14)13-9-6-15-7-9/h8-10,12H,2-7H2,1H3,(H,13,14). The molecular formula is C11H20N2O2. The summed E-state index contributed by atoms with van der Waals surface area (Å²) in [7, 11) is 0. The largest absolute Gasteiger partial charge is 0.377 e. The highest BCUT2D eigenvalue weighted by molar-refractivity contribution is 5.82. The van der Waals surface area contributed by atoms with Gasteiger partial charge in [0.1, 0.15) is 0 Å². The van der Waals surface area contributed by atoms with Crippen LogP contribution in [-0.2, 0) is 9.53 Å². The maximum Gasteiger partial charge on any atom is 0.237 e. The van der Waals surface area contributed by atoms with Crippen LogP contribution in [0.25, 0.3) is 0 Å². The SMILES string of the molecule is CCC1CCNC(C(=O)NC2COC2)C1. The number of hydrogen-bond donors (Lipinski definition) is 2. The van der Waals surface area contributed by atoms with Crippen LogP contribution < -0.4 is 10.6 Å². The van der Waals surface area contributed by atoms with Gasteiger partial charge in [-0.05, 0) is 25.3 Å². The van der Waals surface area contributed by atoms with E-state index in [4.69, 9.17) is 4.74 Å². The molecular weight excluding hydrogens is 192 g/mol. The Balaban J connectivity index is 1.78. The third-order valence-corrected chi connectivity index (χ3v) is 3.39. The Labute approximate surface area is 90.8 Å². The van der Waals surface area contributed by atoms with Crippen molar-refractivity contribution in [2.45, 2.75) is 38.3 Å². The predicted octanol–water partition coefficient (Wildman–Crippen LogP) is 0.280. The number of carbonyl (C=O) groups excluding carboxylic acids is 1. The van der Waals surface area contributed by atoms with Crippen LogP contribution in [0.3, 0.4) is 0 Å². The van der Waals surface area contributed by atoms with Crippen molar-refractivity contribution in [2.24, 2.45) is 5.92 Å². The van der Waals surface area contributed by atoms with Crippen molar-refractivity contribution >= 4 is 5.91 Å². The number of carbonyl (C=O) groups is 1. The first kappa shape index (κ1) is 10.9. The first-order valence-corrected chi connectivity index (χ1v) is 5.91. The van der Waals surface area contributed by atoms with Gasteiger partial charge < -0.3 is 15.4 Å². The number of amides is 1. The highest BCUT2D eigenvalue weighted by Gasteiger charge is 2.29. The second-order valence-corrected chi connectivity index (χ2v) is 4.55. The molecule has 2 unspecified atom stereocenters. The summed E-state index contributed by atoms with van der Waals surface area (Å²) in [4.78, 5) is 11.8. The number of nitrogens with one attached hydrogen (secondary N) is 2. The molecule has 0 aliphatic carbocycles. The Morgan fingerprint density at radius 3 is 2.93 bits per heavy atom. The van der Waals surface area contributed by atoms with E-state index < -0.39 is 0 Å². The molecule has 4 nitrogen and oxygen atoms in total. The van der Waals surface area contributed by atoms with Gasteiger partial charge in [0.15, 0.2) is 0 Å². The highest BCUT2D eigenvalue weighted by Crippen LogP contribution is 2.19. The Morgan fingerprint density at radius 1 is 1.53 bits per heavy atom. The molecule has 2 saturated heterocycles. The minimum Gasteiger partial charge on any atom is -0.377 e. The van der Waals surface area contributed by atoms with Gasteiger partial charge in [-0.2, -0.15) is 0 Å². The van der Waals surface area contributed by atoms with Crippen molar-refractivity contribution in [3.8, 4) is 0 Å². The molecule has 15 heavy (non-hydrogen) atoms. The lowest BCUT2D eigenvalue weighted by Gasteiger charge is -2.32. The van der Waals surface area contributed by atoms with Crippen LogP contribution in [0.15, 0.2) is 0 Å². The van der Waals surface area contributed by atoms with Crippen LogP contribution in [0.1, 0.15) is 26.2 Å². The normalized spacial score (nSPS) is 32.1. The molecule has 2 aliphatic rings. The van der Waals surface area contributed by atoms with Gasteiger partial charge in [0, 0.05) is 0 Å². The lowest BCUT2D eigenvalue weighted by molar-refractivity contribution is -0.128. The molecule has 2 fully saturated rings. The maximum absolute atomic E-state index is 11.8. The van der Waals surface area contributed by atoms with Gasteiger partial charge in [0.25, 0.3) is 0 Å². The summed E-state index contributed by atoms with van der Waals surface area (Å²) >= 11 is 0. The topological polar surface area (TPSA) is 50.4 Å². The third kappa shape index (κ3) is 2.69. The molecule has 4 heteroatoms. The van der Waals surface area contributed by atoms with E-state index in [0.29, 0.717) is 19.1 Å². The zero-order valence-electron chi connectivity index (χ0n) is 9.29. The molecule has 0 spiro atoms. The van der Waals surface area contributed by atoms with E-state index in [9.17, 15) is 4.79 Å². The fraction of sp³-hybridized carbons (Fsp3) is 0.909. The fourth-order valence-corrected chi connectivity index (χ4v) is 2.19. The monoisotopic (exact) mass is 212 g/mol. The van der Waals surface area contributed by atoms with Crippen molar-refractivity contribution in [3.05, 3.63) is 0 Å². The van der Waals surface area contributed by atoms with Crippen LogP contribution in [0, 0.1) is 5.92 Å². The Hall–Kier alpha value is -0.610. The van der Waals surface area contributed by atoms with E-state index in [1.54, 1.807) is 0 Å². The van der Waals surface area contributed by atoms with Crippen molar-refractivity contribution in [3.63, 3.8) is 0 Å². The Bertz CT molecular complexity index is 229.